The first-order valence-corrected chi connectivity index (χ1v) is 9.42. The number of aromatic nitrogens is 2. The number of phenols is 1. The van der Waals surface area contributed by atoms with Gasteiger partial charge in [-0.25, -0.2) is 4.79 Å². The Labute approximate surface area is 169 Å². The summed E-state index contributed by atoms with van der Waals surface area (Å²) >= 11 is 0. The molecule has 0 aliphatic carbocycles. The third-order valence-electron chi connectivity index (χ3n) is 5.09. The maximum absolute atomic E-state index is 12.4. The topological polar surface area (TPSA) is 84.3 Å². The predicted molar refractivity (Wildman–Crippen MR) is 103 cm³/mol. The van der Waals surface area contributed by atoms with E-state index in [9.17, 15) is 23.1 Å². The summed E-state index contributed by atoms with van der Waals surface area (Å²) in [6.07, 6.45) is -3.09. The largest absolute Gasteiger partial charge is 0.507 e. The molecule has 4 rings (SSSR count). The van der Waals surface area contributed by atoms with Crippen LogP contribution in [0.2, 0.25) is 0 Å². The summed E-state index contributed by atoms with van der Waals surface area (Å²) in [6, 6.07) is 10.8. The smallest absolute Gasteiger partial charge is 0.491 e. The number of ether oxygens (including phenoxy) is 1. The molecule has 30 heavy (non-hydrogen) atoms. The number of nitrogens with one attached hydrogen (secondary N) is 1. The number of alkyl halides is 3. The first kappa shape index (κ1) is 20.1. The van der Waals surface area contributed by atoms with Crippen LogP contribution in [0.5, 0.6) is 11.5 Å². The van der Waals surface area contributed by atoms with E-state index in [1.54, 1.807) is 12.1 Å². The minimum Gasteiger partial charge on any atom is -0.507 e. The molecule has 0 radical (unpaired) electrons. The molecule has 0 unspecified atom stereocenters. The molecule has 3 aromatic rings. The molecule has 156 valence electrons. The van der Waals surface area contributed by atoms with Crippen LogP contribution in [0.25, 0.3) is 22.0 Å². The van der Waals surface area contributed by atoms with Crippen molar-refractivity contribution in [2.24, 2.45) is 0 Å². The third kappa shape index (κ3) is 4.20. The monoisotopic (exact) mass is 417 g/mol. The molecule has 0 spiro atoms. The van der Waals surface area contributed by atoms with Gasteiger partial charge in [-0.15, -0.1) is 0 Å². The number of phenolic OH excluding ortho intramolecular Hbond substituents is 1. The van der Waals surface area contributed by atoms with Crippen molar-refractivity contribution in [1.29, 1.82) is 0 Å². The summed E-state index contributed by atoms with van der Waals surface area (Å²) in [5.41, 5.74) is 1.85. The van der Waals surface area contributed by atoms with Crippen molar-refractivity contribution in [2.75, 3.05) is 13.1 Å². The Morgan fingerprint density at radius 2 is 1.80 bits per heavy atom. The van der Waals surface area contributed by atoms with Crippen molar-refractivity contribution in [3.63, 3.8) is 0 Å². The summed E-state index contributed by atoms with van der Waals surface area (Å²) in [5.74, 6) is -2.31. The highest BCUT2D eigenvalue weighted by atomic mass is 19.4. The quantitative estimate of drug-likeness (QED) is 0.496. The Morgan fingerprint density at radius 3 is 2.47 bits per heavy atom. The van der Waals surface area contributed by atoms with Crippen LogP contribution in [0, 0.1) is 0 Å². The van der Waals surface area contributed by atoms with E-state index in [4.69, 9.17) is 0 Å². The molecular formula is C21H18F3N3O3. The van der Waals surface area contributed by atoms with Crippen molar-refractivity contribution in [3.05, 3.63) is 48.2 Å². The normalized spacial score (nSPS) is 15.3. The molecule has 2 heterocycles. The molecular weight excluding hydrogens is 399 g/mol. The highest BCUT2D eigenvalue weighted by Crippen LogP contribution is 2.34. The zero-order valence-electron chi connectivity index (χ0n) is 15.7. The van der Waals surface area contributed by atoms with Gasteiger partial charge < -0.3 is 15.2 Å². The SMILES string of the molecule is O=C(Oc1ccc2cc(-c3ccc(C4CCNCC4)nn3)c(O)cc2c1)C(F)(F)F. The summed E-state index contributed by atoms with van der Waals surface area (Å²) in [4.78, 5) is 11.0. The number of fused-ring (bicyclic) bond motifs is 1. The molecule has 0 bridgehead atoms. The van der Waals surface area contributed by atoms with Gasteiger partial charge >= 0.3 is 12.1 Å². The van der Waals surface area contributed by atoms with E-state index in [1.165, 1.54) is 24.3 Å². The Hall–Kier alpha value is -3.20. The van der Waals surface area contributed by atoms with Crippen LogP contribution >= 0.6 is 0 Å². The summed E-state index contributed by atoms with van der Waals surface area (Å²) in [5, 5.41) is 23.3. The van der Waals surface area contributed by atoms with Gasteiger partial charge in [0.05, 0.1) is 11.4 Å². The number of benzene rings is 2. The van der Waals surface area contributed by atoms with Crippen LogP contribution in [0.15, 0.2) is 42.5 Å². The van der Waals surface area contributed by atoms with Gasteiger partial charge in [0.1, 0.15) is 11.5 Å². The number of esters is 1. The lowest BCUT2D eigenvalue weighted by Gasteiger charge is -2.21. The van der Waals surface area contributed by atoms with E-state index in [2.05, 4.69) is 20.3 Å². The van der Waals surface area contributed by atoms with Gasteiger partial charge in [-0.2, -0.15) is 23.4 Å². The number of hydrogen-bond acceptors (Lipinski definition) is 6. The lowest BCUT2D eigenvalue weighted by molar-refractivity contribution is -0.189. The van der Waals surface area contributed by atoms with Crippen LogP contribution in [-0.2, 0) is 4.79 Å². The fraction of sp³-hybridized carbons (Fsp3) is 0.286. The number of nitrogens with zero attached hydrogens (tertiary/aromatic N) is 2. The molecule has 2 aromatic carbocycles. The second kappa shape index (κ2) is 7.91. The standard InChI is InChI=1S/C21H18F3N3O3/c22-21(23,24)20(29)30-15-2-1-13-10-16(19(28)11-14(13)9-15)18-4-3-17(26-27-18)12-5-7-25-8-6-12/h1-4,9-12,25,28H,5-8H2. The van der Waals surface area contributed by atoms with E-state index in [-0.39, 0.29) is 11.5 Å². The Kier molecular flexibility index (Phi) is 5.29. The molecule has 9 heteroatoms. The minimum atomic E-state index is -5.08. The Balaban J connectivity index is 1.60. The molecule has 2 N–H and O–H groups in total. The molecule has 0 amide bonds. The van der Waals surface area contributed by atoms with E-state index in [1.807, 2.05) is 6.07 Å². The summed E-state index contributed by atoms with van der Waals surface area (Å²) in [7, 11) is 0. The van der Waals surface area contributed by atoms with Crippen molar-refractivity contribution in [2.45, 2.75) is 24.9 Å². The first-order valence-electron chi connectivity index (χ1n) is 9.42. The number of carbonyl (C=O) groups excluding carboxylic acids is 1. The maximum Gasteiger partial charge on any atom is 0.491 e. The lowest BCUT2D eigenvalue weighted by Crippen LogP contribution is -2.27. The van der Waals surface area contributed by atoms with Crippen LogP contribution in [-0.4, -0.2) is 40.5 Å². The van der Waals surface area contributed by atoms with Crippen molar-refractivity contribution in [1.82, 2.24) is 15.5 Å². The zero-order valence-corrected chi connectivity index (χ0v) is 15.7. The molecule has 1 aliphatic heterocycles. The molecule has 6 nitrogen and oxygen atoms in total. The van der Waals surface area contributed by atoms with Gasteiger partial charge in [-0.3, -0.25) is 0 Å². The highest BCUT2D eigenvalue weighted by Gasteiger charge is 2.41. The molecule has 0 saturated carbocycles. The lowest BCUT2D eigenvalue weighted by atomic mass is 9.94. The maximum atomic E-state index is 12.4. The second-order valence-corrected chi connectivity index (χ2v) is 7.13. The number of aromatic hydroxyl groups is 1. The van der Waals surface area contributed by atoms with Gasteiger partial charge in [-0.1, -0.05) is 6.07 Å². The third-order valence-corrected chi connectivity index (χ3v) is 5.09. The van der Waals surface area contributed by atoms with E-state index in [0.717, 1.165) is 31.6 Å². The number of piperidine rings is 1. The molecule has 1 aliphatic rings. The molecule has 0 atom stereocenters. The second-order valence-electron chi connectivity index (χ2n) is 7.13. The Bertz CT molecular complexity index is 1080. The fourth-order valence-electron chi connectivity index (χ4n) is 3.52. The number of rotatable bonds is 3. The highest BCUT2D eigenvalue weighted by molar-refractivity contribution is 5.91. The molecule has 1 fully saturated rings. The van der Waals surface area contributed by atoms with Crippen LogP contribution < -0.4 is 10.1 Å². The van der Waals surface area contributed by atoms with Gasteiger partial charge in [0.15, 0.2) is 0 Å². The van der Waals surface area contributed by atoms with Gasteiger partial charge in [0, 0.05) is 11.5 Å². The predicted octanol–water partition coefficient (Wildman–Crippen LogP) is 3.94. The van der Waals surface area contributed by atoms with E-state index in [0.29, 0.717) is 27.9 Å². The first-order chi connectivity index (χ1) is 14.3. The average Bonchev–Trinajstić information content (AvgIpc) is 2.73. The van der Waals surface area contributed by atoms with Gasteiger partial charge in [0.2, 0.25) is 0 Å². The molecule has 1 aromatic heterocycles. The van der Waals surface area contributed by atoms with Gasteiger partial charge in [-0.05, 0) is 73.1 Å². The summed E-state index contributed by atoms with van der Waals surface area (Å²) < 4.78 is 41.5. The molecule has 1 saturated heterocycles. The number of carbonyl (C=O) groups is 1. The van der Waals surface area contributed by atoms with Crippen LogP contribution in [0.1, 0.15) is 24.5 Å². The minimum absolute atomic E-state index is 0.106. The van der Waals surface area contributed by atoms with Crippen LogP contribution in [0.3, 0.4) is 0 Å². The van der Waals surface area contributed by atoms with E-state index >= 15 is 0 Å². The van der Waals surface area contributed by atoms with Crippen LogP contribution in [0.4, 0.5) is 13.2 Å². The van der Waals surface area contributed by atoms with Crippen molar-refractivity contribution >= 4 is 16.7 Å². The Morgan fingerprint density at radius 1 is 1.03 bits per heavy atom. The van der Waals surface area contributed by atoms with Crippen molar-refractivity contribution in [3.8, 4) is 22.8 Å². The number of halogens is 3. The van der Waals surface area contributed by atoms with E-state index < -0.39 is 12.1 Å². The van der Waals surface area contributed by atoms with Crippen molar-refractivity contribution < 1.29 is 27.8 Å². The number of hydrogen-bond donors (Lipinski definition) is 2. The zero-order chi connectivity index (χ0) is 21.3. The van der Waals surface area contributed by atoms with Gasteiger partial charge in [0.25, 0.3) is 0 Å². The summed E-state index contributed by atoms with van der Waals surface area (Å²) in [6.45, 7) is 1.89. The average molecular weight is 417 g/mol. The fourth-order valence-corrected chi connectivity index (χ4v) is 3.52.